The molecule has 4 nitrogen and oxygen atoms in total. The van der Waals surface area contributed by atoms with Crippen LogP contribution in [0.25, 0.3) is 0 Å². The normalized spacial score (nSPS) is 9.50. The maximum Gasteiger partial charge on any atom is 0.247 e. The number of anilines is 2. The summed E-state index contributed by atoms with van der Waals surface area (Å²) in [6.07, 6.45) is 1.09. The van der Waals surface area contributed by atoms with Gasteiger partial charge in [0.2, 0.25) is 5.91 Å². The highest BCUT2D eigenvalue weighted by atomic mass is 35.5. The second kappa shape index (κ2) is 4.02. The molecule has 1 amide bonds. The fraction of sp³-hybridized carbons (Fsp3) is 0. The van der Waals surface area contributed by atoms with Crippen LogP contribution in [0.5, 0.6) is 5.75 Å². The quantitative estimate of drug-likeness (QED) is 0.397. The maximum absolute atomic E-state index is 10.9. The SMILES string of the molecule is C=CC(=O)Nc1cc(Cl)c(N)cc1O. The first-order chi connectivity index (χ1) is 6.54. The Morgan fingerprint density at radius 3 is 2.86 bits per heavy atom. The third-order valence-electron chi connectivity index (χ3n) is 1.56. The molecule has 1 rings (SSSR count). The van der Waals surface area contributed by atoms with E-state index in [1.54, 1.807) is 0 Å². The zero-order chi connectivity index (χ0) is 10.7. The van der Waals surface area contributed by atoms with Crippen molar-refractivity contribution in [3.8, 4) is 5.75 Å². The second-order valence-corrected chi connectivity index (χ2v) is 2.99. The van der Waals surface area contributed by atoms with Crippen LogP contribution in [0.3, 0.4) is 0 Å². The third kappa shape index (κ3) is 2.17. The van der Waals surface area contributed by atoms with Gasteiger partial charge in [0, 0.05) is 6.07 Å². The van der Waals surface area contributed by atoms with E-state index in [1.165, 1.54) is 12.1 Å². The van der Waals surface area contributed by atoms with Gasteiger partial charge in [-0.15, -0.1) is 0 Å². The molecule has 0 saturated carbocycles. The molecule has 1 aromatic rings. The number of hydrogen-bond donors (Lipinski definition) is 3. The number of amides is 1. The fourth-order valence-corrected chi connectivity index (χ4v) is 1.03. The number of phenolic OH excluding ortho intramolecular Hbond substituents is 1. The predicted octanol–water partition coefficient (Wildman–Crippen LogP) is 1.75. The second-order valence-electron chi connectivity index (χ2n) is 2.58. The van der Waals surface area contributed by atoms with Crippen LogP contribution in [-0.2, 0) is 4.79 Å². The fourth-order valence-electron chi connectivity index (χ4n) is 0.862. The van der Waals surface area contributed by atoms with Crippen molar-refractivity contribution >= 4 is 28.9 Å². The lowest BCUT2D eigenvalue weighted by Crippen LogP contribution is -2.07. The Balaban J connectivity index is 3.03. The van der Waals surface area contributed by atoms with Crippen LogP contribution in [0.1, 0.15) is 0 Å². The van der Waals surface area contributed by atoms with Crippen molar-refractivity contribution in [1.29, 1.82) is 0 Å². The lowest BCUT2D eigenvalue weighted by Gasteiger charge is -2.07. The number of nitrogens with two attached hydrogens (primary N) is 1. The van der Waals surface area contributed by atoms with Crippen LogP contribution >= 0.6 is 11.6 Å². The molecule has 0 saturated heterocycles. The van der Waals surface area contributed by atoms with Crippen LogP contribution in [0, 0.1) is 0 Å². The van der Waals surface area contributed by atoms with E-state index in [9.17, 15) is 9.90 Å². The number of nitrogens with one attached hydrogen (secondary N) is 1. The minimum Gasteiger partial charge on any atom is -0.506 e. The average Bonchev–Trinajstić information content (AvgIpc) is 2.14. The van der Waals surface area contributed by atoms with Gasteiger partial charge in [0.1, 0.15) is 5.75 Å². The average molecular weight is 213 g/mol. The number of rotatable bonds is 2. The first-order valence-electron chi connectivity index (χ1n) is 3.76. The zero-order valence-electron chi connectivity index (χ0n) is 7.25. The molecule has 0 heterocycles. The molecule has 0 aromatic heterocycles. The van der Waals surface area contributed by atoms with Gasteiger partial charge < -0.3 is 16.2 Å². The molecule has 1 aromatic carbocycles. The minimum atomic E-state index is -0.430. The first kappa shape index (κ1) is 10.4. The molecule has 14 heavy (non-hydrogen) atoms. The summed E-state index contributed by atoms with van der Waals surface area (Å²) >= 11 is 5.70. The molecule has 5 heteroatoms. The van der Waals surface area contributed by atoms with Crippen molar-refractivity contribution in [2.24, 2.45) is 0 Å². The van der Waals surface area contributed by atoms with Gasteiger partial charge in [-0.2, -0.15) is 0 Å². The van der Waals surface area contributed by atoms with Crippen molar-refractivity contribution in [3.63, 3.8) is 0 Å². The summed E-state index contributed by atoms with van der Waals surface area (Å²) in [5.41, 5.74) is 5.88. The number of phenols is 1. The van der Waals surface area contributed by atoms with E-state index in [2.05, 4.69) is 11.9 Å². The van der Waals surface area contributed by atoms with E-state index in [0.717, 1.165) is 6.08 Å². The summed E-state index contributed by atoms with van der Waals surface area (Å²) < 4.78 is 0. The Bertz CT molecular complexity index is 391. The Morgan fingerprint density at radius 1 is 1.64 bits per heavy atom. The highest BCUT2D eigenvalue weighted by molar-refractivity contribution is 6.33. The molecule has 0 aliphatic carbocycles. The van der Waals surface area contributed by atoms with Crippen LogP contribution < -0.4 is 11.1 Å². The molecular formula is C9H9ClN2O2. The van der Waals surface area contributed by atoms with Gasteiger partial charge in [-0.3, -0.25) is 4.79 Å². The van der Waals surface area contributed by atoms with Crippen LogP contribution in [-0.4, -0.2) is 11.0 Å². The Kier molecular flexibility index (Phi) is 2.99. The van der Waals surface area contributed by atoms with Crippen molar-refractivity contribution in [3.05, 3.63) is 29.8 Å². The van der Waals surface area contributed by atoms with E-state index in [-0.39, 0.29) is 22.1 Å². The van der Waals surface area contributed by atoms with Crippen molar-refractivity contribution in [2.45, 2.75) is 0 Å². The lowest BCUT2D eigenvalue weighted by atomic mass is 10.2. The Hall–Kier alpha value is -1.68. The molecule has 0 radical (unpaired) electrons. The van der Waals surface area contributed by atoms with Gasteiger partial charge in [0.05, 0.1) is 16.4 Å². The molecule has 0 aliphatic heterocycles. The number of nitrogen functional groups attached to an aromatic ring is 1. The summed E-state index contributed by atoms with van der Waals surface area (Å²) in [5, 5.41) is 12.0. The maximum atomic E-state index is 10.9. The predicted molar refractivity (Wildman–Crippen MR) is 56.4 cm³/mol. The van der Waals surface area contributed by atoms with Crippen LogP contribution in [0.15, 0.2) is 24.8 Å². The van der Waals surface area contributed by atoms with E-state index in [0.29, 0.717) is 0 Å². The van der Waals surface area contributed by atoms with Crippen LogP contribution in [0.4, 0.5) is 11.4 Å². The van der Waals surface area contributed by atoms with Gasteiger partial charge in [-0.1, -0.05) is 18.2 Å². The molecule has 0 fully saturated rings. The van der Waals surface area contributed by atoms with E-state index < -0.39 is 5.91 Å². The number of carbonyl (C=O) groups excluding carboxylic acids is 1. The van der Waals surface area contributed by atoms with Crippen LogP contribution in [0.2, 0.25) is 5.02 Å². The first-order valence-corrected chi connectivity index (χ1v) is 4.13. The monoisotopic (exact) mass is 212 g/mol. The van der Waals surface area contributed by atoms with Crippen molar-refractivity contribution < 1.29 is 9.90 Å². The molecule has 0 spiro atoms. The number of carbonyl (C=O) groups is 1. The van der Waals surface area contributed by atoms with Crippen molar-refractivity contribution in [1.82, 2.24) is 0 Å². The number of hydrogen-bond acceptors (Lipinski definition) is 3. The summed E-state index contributed by atoms with van der Waals surface area (Å²) in [5.74, 6) is -0.566. The lowest BCUT2D eigenvalue weighted by molar-refractivity contribution is -0.111. The van der Waals surface area contributed by atoms with Gasteiger partial charge in [-0.05, 0) is 12.1 Å². The summed E-state index contributed by atoms with van der Waals surface area (Å²) in [6.45, 7) is 3.28. The highest BCUT2D eigenvalue weighted by Gasteiger charge is 2.07. The van der Waals surface area contributed by atoms with Gasteiger partial charge >= 0.3 is 0 Å². The summed E-state index contributed by atoms with van der Waals surface area (Å²) in [6, 6.07) is 2.63. The highest BCUT2D eigenvalue weighted by Crippen LogP contribution is 2.31. The van der Waals surface area contributed by atoms with Gasteiger partial charge in [-0.25, -0.2) is 0 Å². The third-order valence-corrected chi connectivity index (χ3v) is 1.89. The largest absolute Gasteiger partial charge is 0.506 e. The number of aromatic hydroxyl groups is 1. The molecule has 0 atom stereocenters. The topological polar surface area (TPSA) is 75.4 Å². The Labute approximate surface area is 86.0 Å². The molecular weight excluding hydrogens is 204 g/mol. The zero-order valence-corrected chi connectivity index (χ0v) is 8.01. The van der Waals surface area contributed by atoms with Gasteiger partial charge in [0.15, 0.2) is 0 Å². The van der Waals surface area contributed by atoms with Crippen molar-refractivity contribution in [2.75, 3.05) is 11.1 Å². The smallest absolute Gasteiger partial charge is 0.247 e. The van der Waals surface area contributed by atoms with E-state index in [1.807, 2.05) is 0 Å². The Morgan fingerprint density at radius 2 is 2.29 bits per heavy atom. The standard InChI is InChI=1S/C9H9ClN2O2/c1-2-9(14)12-7-3-5(10)6(11)4-8(7)13/h2-4,13H,1,11H2,(H,12,14). The molecule has 0 unspecified atom stereocenters. The molecule has 0 aliphatic rings. The number of benzene rings is 1. The molecule has 74 valence electrons. The summed E-state index contributed by atoms with van der Waals surface area (Å²) in [7, 11) is 0. The number of halogens is 1. The minimum absolute atomic E-state index is 0.137. The van der Waals surface area contributed by atoms with E-state index in [4.69, 9.17) is 17.3 Å². The summed E-state index contributed by atoms with van der Waals surface area (Å²) in [4.78, 5) is 10.9. The van der Waals surface area contributed by atoms with Gasteiger partial charge in [0.25, 0.3) is 0 Å². The van der Waals surface area contributed by atoms with E-state index >= 15 is 0 Å². The molecule has 4 N–H and O–H groups in total. The molecule has 0 bridgehead atoms.